The minimum absolute atomic E-state index is 0.400. The maximum absolute atomic E-state index is 5.22. The van der Waals surface area contributed by atoms with E-state index in [0.29, 0.717) is 17.3 Å². The minimum atomic E-state index is 0.400. The van der Waals surface area contributed by atoms with Crippen molar-refractivity contribution in [1.29, 1.82) is 0 Å². The van der Waals surface area contributed by atoms with Crippen molar-refractivity contribution in [1.82, 2.24) is 5.32 Å². The van der Waals surface area contributed by atoms with Gasteiger partial charge in [-0.25, -0.2) is 0 Å². The maximum Gasteiger partial charge on any atom is 0.170 e. The van der Waals surface area contributed by atoms with Gasteiger partial charge in [-0.05, 0) is 37.2 Å². The average Bonchev–Trinajstić information content (AvgIpc) is 2.24. The first kappa shape index (κ1) is 11.4. The lowest BCUT2D eigenvalue weighted by Crippen LogP contribution is -2.48. The highest BCUT2D eigenvalue weighted by atomic mass is 32.1. The van der Waals surface area contributed by atoms with Crippen LogP contribution in [0.2, 0.25) is 0 Å². The number of nitrogens with one attached hydrogen (secondary N) is 2. The second-order valence-electron chi connectivity index (χ2n) is 3.99. The van der Waals surface area contributed by atoms with Gasteiger partial charge in [-0.3, -0.25) is 0 Å². The fraction of sp³-hybridized carbons (Fsp3) is 0.417. The van der Waals surface area contributed by atoms with Crippen molar-refractivity contribution in [3.8, 4) is 0 Å². The number of thiocarbonyl (C=S) groups is 1. The van der Waals surface area contributed by atoms with Crippen LogP contribution in [0.15, 0.2) is 30.3 Å². The van der Waals surface area contributed by atoms with Gasteiger partial charge in [0.2, 0.25) is 0 Å². The molecule has 0 amide bonds. The van der Waals surface area contributed by atoms with Gasteiger partial charge in [-0.2, -0.15) is 0 Å². The molecule has 0 saturated heterocycles. The first-order chi connectivity index (χ1) is 7.78. The fourth-order valence-electron chi connectivity index (χ4n) is 1.75. The number of hydrogen-bond donors (Lipinski definition) is 2. The van der Waals surface area contributed by atoms with E-state index in [-0.39, 0.29) is 0 Å². The molecule has 2 rings (SSSR count). The molecule has 1 aliphatic carbocycles. The zero-order valence-electron chi connectivity index (χ0n) is 9.27. The van der Waals surface area contributed by atoms with Crippen molar-refractivity contribution in [2.24, 2.45) is 0 Å². The second kappa shape index (κ2) is 5.27. The summed E-state index contributed by atoms with van der Waals surface area (Å²) in [6, 6.07) is 10.4. The van der Waals surface area contributed by atoms with E-state index in [1.165, 1.54) is 0 Å². The Bertz CT molecular complexity index is 349. The monoisotopic (exact) mass is 236 g/mol. The number of methoxy groups -OCH3 is 1. The average molecular weight is 236 g/mol. The summed E-state index contributed by atoms with van der Waals surface area (Å²) >= 11 is 5.22. The molecule has 1 aliphatic rings. The summed E-state index contributed by atoms with van der Waals surface area (Å²) in [5.74, 6) is 0. The van der Waals surface area contributed by atoms with Gasteiger partial charge in [0.1, 0.15) is 0 Å². The molecule has 0 aliphatic heterocycles. The van der Waals surface area contributed by atoms with E-state index in [4.69, 9.17) is 17.0 Å². The van der Waals surface area contributed by atoms with Crippen LogP contribution in [0.1, 0.15) is 12.8 Å². The lowest BCUT2D eigenvalue weighted by molar-refractivity contribution is 0.0228. The third-order valence-corrected chi connectivity index (χ3v) is 3.01. The molecule has 2 N–H and O–H groups in total. The molecular formula is C12H16N2OS. The highest BCUT2D eigenvalue weighted by Crippen LogP contribution is 2.22. The van der Waals surface area contributed by atoms with Crippen LogP contribution in [-0.4, -0.2) is 24.4 Å². The number of para-hydroxylation sites is 1. The Balaban J connectivity index is 1.74. The molecule has 16 heavy (non-hydrogen) atoms. The van der Waals surface area contributed by atoms with E-state index >= 15 is 0 Å². The molecule has 0 radical (unpaired) electrons. The zero-order valence-corrected chi connectivity index (χ0v) is 10.1. The fourth-order valence-corrected chi connectivity index (χ4v) is 2.03. The molecular weight excluding hydrogens is 220 g/mol. The quantitative estimate of drug-likeness (QED) is 0.788. The van der Waals surface area contributed by atoms with Crippen molar-refractivity contribution in [2.75, 3.05) is 12.4 Å². The summed E-state index contributed by atoms with van der Waals surface area (Å²) < 4.78 is 5.21. The summed E-state index contributed by atoms with van der Waals surface area (Å²) in [4.78, 5) is 0. The molecule has 1 aromatic carbocycles. The van der Waals surface area contributed by atoms with E-state index in [1.54, 1.807) is 7.11 Å². The summed E-state index contributed by atoms with van der Waals surface area (Å²) in [5.41, 5.74) is 1.02. The molecule has 3 nitrogen and oxygen atoms in total. The van der Waals surface area contributed by atoms with Crippen LogP contribution in [0.25, 0.3) is 0 Å². The van der Waals surface area contributed by atoms with Gasteiger partial charge in [0.15, 0.2) is 5.11 Å². The van der Waals surface area contributed by atoms with E-state index in [0.717, 1.165) is 18.5 Å². The molecule has 1 aromatic rings. The molecule has 0 unspecified atom stereocenters. The number of benzene rings is 1. The molecule has 0 spiro atoms. The number of rotatable bonds is 3. The van der Waals surface area contributed by atoms with Gasteiger partial charge in [0.05, 0.1) is 6.10 Å². The predicted molar refractivity (Wildman–Crippen MR) is 69.6 cm³/mol. The predicted octanol–water partition coefficient (Wildman–Crippen LogP) is 2.15. The Hall–Kier alpha value is -1.13. The van der Waals surface area contributed by atoms with Crippen molar-refractivity contribution >= 4 is 23.0 Å². The standard InChI is InChI=1S/C12H16N2OS/c1-15-11-7-10(8-11)14-12(16)13-9-5-3-2-4-6-9/h2-6,10-11H,7-8H2,1H3,(H2,13,14,16). The van der Waals surface area contributed by atoms with Gasteiger partial charge >= 0.3 is 0 Å². The summed E-state index contributed by atoms with van der Waals surface area (Å²) in [7, 11) is 1.75. The largest absolute Gasteiger partial charge is 0.381 e. The van der Waals surface area contributed by atoms with Crippen LogP contribution in [-0.2, 0) is 4.74 Å². The lowest BCUT2D eigenvalue weighted by atomic mass is 9.89. The topological polar surface area (TPSA) is 33.3 Å². The Kier molecular flexibility index (Phi) is 3.74. The van der Waals surface area contributed by atoms with Gasteiger partial charge < -0.3 is 15.4 Å². The second-order valence-corrected chi connectivity index (χ2v) is 4.40. The van der Waals surface area contributed by atoms with Crippen LogP contribution >= 0.6 is 12.2 Å². The Morgan fingerprint density at radius 1 is 1.31 bits per heavy atom. The van der Waals surface area contributed by atoms with E-state index in [2.05, 4.69) is 10.6 Å². The Morgan fingerprint density at radius 3 is 2.62 bits per heavy atom. The van der Waals surface area contributed by atoms with Gasteiger partial charge in [0.25, 0.3) is 0 Å². The van der Waals surface area contributed by atoms with E-state index in [9.17, 15) is 0 Å². The Morgan fingerprint density at radius 2 is 2.00 bits per heavy atom. The normalized spacial score (nSPS) is 23.3. The molecule has 1 fully saturated rings. The summed E-state index contributed by atoms with van der Waals surface area (Å²) in [6.07, 6.45) is 2.47. The molecule has 0 heterocycles. The molecule has 0 bridgehead atoms. The van der Waals surface area contributed by atoms with Crippen LogP contribution in [0, 0.1) is 0 Å². The van der Waals surface area contributed by atoms with Crippen LogP contribution in [0.3, 0.4) is 0 Å². The highest BCUT2D eigenvalue weighted by molar-refractivity contribution is 7.80. The summed E-state index contributed by atoms with van der Waals surface area (Å²) in [5, 5.41) is 7.11. The van der Waals surface area contributed by atoms with E-state index in [1.807, 2.05) is 30.3 Å². The van der Waals surface area contributed by atoms with Crippen LogP contribution in [0.5, 0.6) is 0 Å². The molecule has 0 atom stereocenters. The van der Waals surface area contributed by atoms with E-state index < -0.39 is 0 Å². The Labute approximate surface area is 101 Å². The highest BCUT2D eigenvalue weighted by Gasteiger charge is 2.29. The number of hydrogen-bond acceptors (Lipinski definition) is 2. The molecule has 4 heteroatoms. The molecule has 86 valence electrons. The maximum atomic E-state index is 5.22. The van der Waals surface area contributed by atoms with Crippen molar-refractivity contribution < 1.29 is 4.74 Å². The number of anilines is 1. The zero-order chi connectivity index (χ0) is 11.4. The van der Waals surface area contributed by atoms with Gasteiger partial charge in [-0.1, -0.05) is 18.2 Å². The smallest absolute Gasteiger partial charge is 0.170 e. The first-order valence-corrected chi connectivity index (χ1v) is 5.84. The van der Waals surface area contributed by atoms with Gasteiger partial charge in [0, 0.05) is 18.8 Å². The third-order valence-electron chi connectivity index (χ3n) is 2.80. The van der Waals surface area contributed by atoms with Gasteiger partial charge in [-0.15, -0.1) is 0 Å². The SMILES string of the molecule is COC1CC(NC(=S)Nc2ccccc2)C1. The van der Waals surface area contributed by atoms with Crippen LogP contribution < -0.4 is 10.6 Å². The summed E-state index contributed by atoms with van der Waals surface area (Å²) in [6.45, 7) is 0. The minimum Gasteiger partial charge on any atom is -0.381 e. The van der Waals surface area contributed by atoms with Crippen LogP contribution in [0.4, 0.5) is 5.69 Å². The lowest BCUT2D eigenvalue weighted by Gasteiger charge is -2.35. The molecule has 0 aromatic heterocycles. The third kappa shape index (κ3) is 2.93. The van der Waals surface area contributed by atoms with Crippen molar-refractivity contribution in [3.63, 3.8) is 0 Å². The van der Waals surface area contributed by atoms with Crippen molar-refractivity contribution in [3.05, 3.63) is 30.3 Å². The first-order valence-electron chi connectivity index (χ1n) is 5.43. The molecule has 1 saturated carbocycles. The number of ether oxygens (including phenoxy) is 1. The van der Waals surface area contributed by atoms with Crippen molar-refractivity contribution in [2.45, 2.75) is 25.0 Å².